The van der Waals surface area contributed by atoms with Gasteiger partial charge in [-0.3, -0.25) is 4.98 Å². The van der Waals surface area contributed by atoms with Crippen LogP contribution in [0.3, 0.4) is 0 Å². The highest BCUT2D eigenvalue weighted by atomic mass is 32.1. The van der Waals surface area contributed by atoms with E-state index in [2.05, 4.69) is 15.2 Å². The Morgan fingerprint density at radius 1 is 1.44 bits per heavy atom. The second-order valence-electron chi connectivity index (χ2n) is 4.59. The number of rotatable bonds is 6. The summed E-state index contributed by atoms with van der Waals surface area (Å²) in [5, 5.41) is 3.36. The highest BCUT2D eigenvalue weighted by Crippen LogP contribution is 2.12. The van der Waals surface area contributed by atoms with Gasteiger partial charge in [-0.2, -0.15) is 0 Å². The fourth-order valence-electron chi connectivity index (χ4n) is 2.28. The van der Waals surface area contributed by atoms with Crippen LogP contribution < -0.4 is 11.1 Å². The first-order valence-corrected chi connectivity index (χ1v) is 6.89. The van der Waals surface area contributed by atoms with E-state index in [1.54, 1.807) is 6.20 Å². The molecule has 0 spiro atoms. The minimum Gasteiger partial charge on any atom is -0.388 e. The molecule has 1 aliphatic rings. The Hall–Kier alpha value is -1.20. The summed E-state index contributed by atoms with van der Waals surface area (Å²) in [6.07, 6.45) is 5.54. The first kappa shape index (κ1) is 13.2. The van der Waals surface area contributed by atoms with Crippen LogP contribution in [0.25, 0.3) is 0 Å². The Balaban J connectivity index is 1.77. The van der Waals surface area contributed by atoms with E-state index in [9.17, 15) is 0 Å². The molecule has 0 unspecified atom stereocenters. The molecular formula is C13H20N4S. The summed E-state index contributed by atoms with van der Waals surface area (Å²) in [6, 6.07) is 3.86. The van der Waals surface area contributed by atoms with E-state index in [0.29, 0.717) is 10.7 Å². The van der Waals surface area contributed by atoms with Gasteiger partial charge in [-0.25, -0.2) is 0 Å². The molecule has 98 valence electrons. The molecule has 1 fully saturated rings. The van der Waals surface area contributed by atoms with Crippen molar-refractivity contribution in [1.29, 1.82) is 0 Å². The van der Waals surface area contributed by atoms with Crippen LogP contribution in [0, 0.1) is 0 Å². The predicted octanol–water partition coefficient (Wildman–Crippen LogP) is 1.61. The van der Waals surface area contributed by atoms with Crippen molar-refractivity contribution in [3.8, 4) is 0 Å². The number of aromatic nitrogens is 1. The van der Waals surface area contributed by atoms with Gasteiger partial charge < -0.3 is 16.0 Å². The smallest absolute Gasteiger partial charge is 0.124 e. The molecule has 0 atom stereocenters. The molecule has 1 aliphatic heterocycles. The Labute approximate surface area is 114 Å². The van der Waals surface area contributed by atoms with E-state index in [-0.39, 0.29) is 0 Å². The van der Waals surface area contributed by atoms with Crippen LogP contribution in [0.15, 0.2) is 18.3 Å². The first-order valence-electron chi connectivity index (χ1n) is 6.48. The average Bonchev–Trinajstić information content (AvgIpc) is 2.88. The third kappa shape index (κ3) is 3.65. The van der Waals surface area contributed by atoms with E-state index in [1.807, 2.05) is 12.1 Å². The molecule has 18 heavy (non-hydrogen) atoms. The van der Waals surface area contributed by atoms with Crippen LogP contribution in [0.1, 0.15) is 25.0 Å². The standard InChI is InChI=1S/C13H20N4S/c14-13(18)12-11(5-3-6-16-12)15-7-4-10-17-8-1-2-9-17/h3,5-6,15H,1-2,4,7-10H2,(H2,14,18). The van der Waals surface area contributed by atoms with E-state index in [4.69, 9.17) is 18.0 Å². The molecule has 3 N–H and O–H groups in total. The summed E-state index contributed by atoms with van der Waals surface area (Å²) in [6.45, 7) is 4.60. The van der Waals surface area contributed by atoms with Crippen molar-refractivity contribution in [2.45, 2.75) is 19.3 Å². The van der Waals surface area contributed by atoms with E-state index in [0.717, 1.165) is 25.2 Å². The molecule has 2 heterocycles. The highest BCUT2D eigenvalue weighted by molar-refractivity contribution is 7.80. The zero-order chi connectivity index (χ0) is 12.8. The van der Waals surface area contributed by atoms with E-state index < -0.39 is 0 Å². The fraction of sp³-hybridized carbons (Fsp3) is 0.538. The number of likely N-dealkylation sites (tertiary alicyclic amines) is 1. The zero-order valence-electron chi connectivity index (χ0n) is 10.6. The molecular weight excluding hydrogens is 244 g/mol. The van der Waals surface area contributed by atoms with Crippen LogP contribution in [-0.2, 0) is 0 Å². The summed E-state index contributed by atoms with van der Waals surface area (Å²) < 4.78 is 0. The van der Waals surface area contributed by atoms with Gasteiger partial charge in [-0.15, -0.1) is 0 Å². The van der Waals surface area contributed by atoms with Crippen LogP contribution in [0.2, 0.25) is 0 Å². The Morgan fingerprint density at radius 2 is 2.22 bits per heavy atom. The van der Waals surface area contributed by atoms with Gasteiger partial charge in [0.25, 0.3) is 0 Å². The van der Waals surface area contributed by atoms with Crippen LogP contribution in [-0.4, -0.2) is 41.1 Å². The number of hydrogen-bond acceptors (Lipinski definition) is 4. The van der Waals surface area contributed by atoms with Gasteiger partial charge in [0.1, 0.15) is 10.7 Å². The third-order valence-electron chi connectivity index (χ3n) is 3.21. The summed E-state index contributed by atoms with van der Waals surface area (Å²) >= 11 is 4.98. The van der Waals surface area contributed by atoms with Gasteiger partial charge in [-0.05, 0) is 51.0 Å². The molecule has 0 amide bonds. The highest BCUT2D eigenvalue weighted by Gasteiger charge is 2.10. The summed E-state index contributed by atoms with van der Waals surface area (Å²) in [7, 11) is 0. The number of nitrogens with two attached hydrogens (primary N) is 1. The lowest BCUT2D eigenvalue weighted by Gasteiger charge is -2.15. The summed E-state index contributed by atoms with van der Waals surface area (Å²) in [4.78, 5) is 7.05. The average molecular weight is 264 g/mol. The molecule has 0 saturated carbocycles. The SMILES string of the molecule is NC(=S)c1ncccc1NCCCN1CCCC1. The lowest BCUT2D eigenvalue weighted by Crippen LogP contribution is -2.23. The summed E-state index contributed by atoms with van der Waals surface area (Å²) in [5.41, 5.74) is 7.26. The van der Waals surface area contributed by atoms with Crippen molar-refractivity contribution in [3.05, 3.63) is 24.0 Å². The Kier molecular flexibility index (Phi) is 4.90. The number of anilines is 1. The quantitative estimate of drug-likeness (QED) is 0.604. The molecule has 1 saturated heterocycles. The van der Waals surface area contributed by atoms with Gasteiger partial charge in [-0.1, -0.05) is 12.2 Å². The monoisotopic (exact) mass is 264 g/mol. The van der Waals surface area contributed by atoms with Crippen molar-refractivity contribution >= 4 is 22.9 Å². The molecule has 0 bridgehead atoms. The third-order valence-corrected chi connectivity index (χ3v) is 3.40. The lowest BCUT2D eigenvalue weighted by molar-refractivity contribution is 0.337. The molecule has 1 aromatic heterocycles. The van der Waals surface area contributed by atoms with Crippen LogP contribution >= 0.6 is 12.2 Å². The van der Waals surface area contributed by atoms with Gasteiger partial charge in [0.15, 0.2) is 0 Å². The van der Waals surface area contributed by atoms with Gasteiger partial charge >= 0.3 is 0 Å². The van der Waals surface area contributed by atoms with Crippen molar-refractivity contribution in [2.24, 2.45) is 5.73 Å². The summed E-state index contributed by atoms with van der Waals surface area (Å²) in [5.74, 6) is 0. The van der Waals surface area contributed by atoms with Gasteiger partial charge in [0.05, 0.1) is 5.69 Å². The van der Waals surface area contributed by atoms with Crippen LogP contribution in [0.5, 0.6) is 0 Å². The topological polar surface area (TPSA) is 54.2 Å². The van der Waals surface area contributed by atoms with Crippen molar-refractivity contribution in [2.75, 3.05) is 31.5 Å². The number of pyridine rings is 1. The van der Waals surface area contributed by atoms with Gasteiger partial charge in [0, 0.05) is 12.7 Å². The molecule has 5 heteroatoms. The first-order chi connectivity index (χ1) is 8.77. The molecule has 0 aliphatic carbocycles. The molecule has 2 rings (SSSR count). The second-order valence-corrected chi connectivity index (χ2v) is 5.03. The van der Waals surface area contributed by atoms with E-state index in [1.165, 1.54) is 25.9 Å². The zero-order valence-corrected chi connectivity index (χ0v) is 11.4. The maximum atomic E-state index is 5.64. The van der Waals surface area contributed by atoms with Crippen LogP contribution in [0.4, 0.5) is 5.69 Å². The molecule has 0 aromatic carbocycles. The normalized spacial score (nSPS) is 15.8. The molecule has 0 radical (unpaired) electrons. The van der Waals surface area contributed by atoms with Crippen molar-refractivity contribution < 1.29 is 0 Å². The lowest BCUT2D eigenvalue weighted by atomic mass is 10.3. The largest absolute Gasteiger partial charge is 0.388 e. The molecule has 4 nitrogen and oxygen atoms in total. The maximum absolute atomic E-state index is 5.64. The van der Waals surface area contributed by atoms with E-state index >= 15 is 0 Å². The molecule has 1 aromatic rings. The van der Waals surface area contributed by atoms with Gasteiger partial charge in [0.2, 0.25) is 0 Å². The predicted molar refractivity (Wildman–Crippen MR) is 78.9 cm³/mol. The Morgan fingerprint density at radius 3 is 2.94 bits per heavy atom. The minimum atomic E-state index is 0.345. The fourth-order valence-corrected chi connectivity index (χ4v) is 2.44. The van der Waals surface area contributed by atoms with Crippen molar-refractivity contribution in [1.82, 2.24) is 9.88 Å². The Bertz CT molecular complexity index is 402. The minimum absolute atomic E-state index is 0.345. The number of thiocarbonyl (C=S) groups is 1. The second kappa shape index (κ2) is 6.66. The number of nitrogens with one attached hydrogen (secondary N) is 1. The maximum Gasteiger partial charge on any atom is 0.124 e. The van der Waals surface area contributed by atoms with Crippen molar-refractivity contribution in [3.63, 3.8) is 0 Å². The number of nitrogens with zero attached hydrogens (tertiary/aromatic N) is 2. The number of hydrogen-bond donors (Lipinski definition) is 2.